The van der Waals surface area contributed by atoms with Gasteiger partial charge in [0.25, 0.3) is 0 Å². The normalized spacial score (nSPS) is 14.3. The topological polar surface area (TPSA) is 103 Å². The Bertz CT molecular complexity index is 542. The molecule has 0 heterocycles. The molecule has 0 aliphatic carbocycles. The second-order valence-electron chi connectivity index (χ2n) is 5.44. The average Bonchev–Trinajstić information content (AvgIpc) is 2.78. The van der Waals surface area contributed by atoms with Crippen LogP contribution in [0.15, 0.2) is 0 Å². The minimum absolute atomic E-state index is 0.120. The molecule has 2 unspecified atom stereocenters. The largest absolute Gasteiger partial charge is 0.466 e. The molecule has 8 nitrogen and oxygen atoms in total. The van der Waals surface area contributed by atoms with Crippen LogP contribution in [0.5, 0.6) is 0 Å². The van der Waals surface area contributed by atoms with Crippen LogP contribution in [0.4, 0.5) is 0 Å². The Hall–Kier alpha value is 0.830. The first-order chi connectivity index (χ1) is 15.7. The molecular formula is C17H36NO7PS5. The Morgan fingerprint density at radius 3 is 2.32 bits per heavy atom. The van der Waals surface area contributed by atoms with Gasteiger partial charge in [-0.2, -0.15) is 0 Å². The lowest BCUT2D eigenvalue weighted by atomic mass is 10.3. The summed E-state index contributed by atoms with van der Waals surface area (Å²) in [6, 6.07) is 0. The van der Waals surface area contributed by atoms with Gasteiger partial charge in [-0.25, -0.2) is 0 Å². The summed E-state index contributed by atoms with van der Waals surface area (Å²) in [5.41, 5.74) is 0. The fourth-order valence-electron chi connectivity index (χ4n) is 1.47. The number of hydrogen-bond acceptors (Lipinski definition) is 11. The first-order valence-corrected chi connectivity index (χ1v) is 17.2. The van der Waals surface area contributed by atoms with Gasteiger partial charge in [-0.3, -0.25) is 9.59 Å². The Morgan fingerprint density at radius 2 is 1.74 bits per heavy atom. The number of carbonyl (C=O) groups excluding carboxylic acids is 2. The van der Waals surface area contributed by atoms with E-state index < -0.39 is 13.8 Å². The number of hydrogen-bond donors (Lipinski definition) is 2. The molecule has 0 aromatic rings. The molecule has 0 radical (unpaired) electrons. The van der Waals surface area contributed by atoms with E-state index in [-0.39, 0.29) is 24.7 Å². The first-order valence-electron chi connectivity index (χ1n) is 10.6. The summed E-state index contributed by atoms with van der Waals surface area (Å²) < 4.78 is 33.0. The van der Waals surface area contributed by atoms with Crippen molar-refractivity contribution in [3.63, 3.8) is 0 Å². The zero-order valence-electron chi connectivity index (χ0n) is 20.2. The Morgan fingerprint density at radius 1 is 1.13 bits per heavy atom. The van der Waals surface area contributed by atoms with Gasteiger partial charge < -0.3 is 28.7 Å². The second kappa shape index (κ2) is 25.5. The van der Waals surface area contributed by atoms with Crippen molar-refractivity contribution in [3.8, 4) is 0 Å². The van der Waals surface area contributed by atoms with Crippen molar-refractivity contribution in [2.75, 3.05) is 64.6 Å². The molecule has 0 aromatic carbocycles. The molecule has 1 amide bonds. The van der Waals surface area contributed by atoms with E-state index in [4.69, 9.17) is 21.6 Å². The molecule has 2 atom stereocenters. The van der Waals surface area contributed by atoms with Crippen LogP contribution in [0, 0.1) is 0 Å². The highest BCUT2D eigenvalue weighted by atomic mass is 33.1. The predicted octanol–water partition coefficient (Wildman–Crippen LogP) is 4.13. The van der Waals surface area contributed by atoms with E-state index in [1.54, 1.807) is 43.2 Å². The summed E-state index contributed by atoms with van der Waals surface area (Å²) >= 11 is 4.63. The van der Waals surface area contributed by atoms with E-state index in [0.717, 1.165) is 36.5 Å². The third-order valence-corrected chi connectivity index (χ3v) is 9.23. The van der Waals surface area contributed by atoms with Gasteiger partial charge in [-0.1, -0.05) is 43.2 Å². The maximum atomic E-state index is 11.3. The molecule has 2 N–H and O–H groups in total. The maximum absolute atomic E-state index is 11.3. The van der Waals surface area contributed by atoms with Crippen LogP contribution in [0.3, 0.4) is 0 Å². The minimum Gasteiger partial charge on any atom is -0.466 e. The number of carbonyl (C=O) groups is 2. The van der Waals surface area contributed by atoms with Gasteiger partial charge >= 0.3 is 12.7 Å². The number of esters is 1. The van der Waals surface area contributed by atoms with Crippen LogP contribution in [-0.2, 0) is 39.9 Å². The fraction of sp³-hybridized carbons (Fsp3) is 0.882. The summed E-state index contributed by atoms with van der Waals surface area (Å²) in [7, 11) is 8.57. The molecule has 31 heavy (non-hydrogen) atoms. The molecule has 14 heteroatoms. The molecule has 0 saturated carbocycles. The van der Waals surface area contributed by atoms with Crippen molar-refractivity contribution in [2.24, 2.45) is 0 Å². The molecule has 0 spiro atoms. The quantitative estimate of drug-likeness (QED) is 0.103. The van der Waals surface area contributed by atoms with Crippen LogP contribution < -0.4 is 5.32 Å². The standard InChI is InChI=1S/C12H23NO4S2.C5H13O3PS3/c1-13-11(14)5-6-12(15)17-8-4-10-19-18-9-3-7-16-2;1-7-9(6,10)8-4-3-5-12-11-2/h3-10H2,1-2H3,(H,13,14);3-5H2,1-2H3,(H,6,10)/i2TD;. The van der Waals surface area contributed by atoms with Crippen molar-refractivity contribution >= 4 is 73.6 Å². The zero-order valence-corrected chi connectivity index (χ0v) is 23.2. The summed E-state index contributed by atoms with van der Waals surface area (Å²) in [5.74, 6) is 2.29. The average molecular weight is 561 g/mol. The van der Waals surface area contributed by atoms with Gasteiger partial charge in [0, 0.05) is 51.5 Å². The minimum atomic E-state index is -2.90. The van der Waals surface area contributed by atoms with Crippen molar-refractivity contribution < 1.29 is 35.7 Å². The number of nitrogens with one attached hydrogen (secondary N) is 1. The molecule has 0 aromatic heterocycles. The van der Waals surface area contributed by atoms with E-state index in [1.807, 2.05) is 6.26 Å². The van der Waals surface area contributed by atoms with E-state index >= 15 is 0 Å². The van der Waals surface area contributed by atoms with Crippen LogP contribution in [0.2, 0.25) is 0 Å². The Balaban J connectivity index is 0. The summed E-state index contributed by atoms with van der Waals surface area (Å²) in [4.78, 5) is 31.3. The Kier molecular flexibility index (Phi) is 24.5. The zero-order chi connectivity index (χ0) is 25.4. The van der Waals surface area contributed by atoms with Crippen molar-refractivity contribution in [1.82, 2.24) is 5.32 Å². The number of methoxy groups -OCH3 is 1. The molecule has 0 bridgehead atoms. The molecule has 0 aliphatic rings. The number of ether oxygens (including phenoxy) is 2. The van der Waals surface area contributed by atoms with E-state index in [0.29, 0.717) is 19.8 Å². The van der Waals surface area contributed by atoms with Gasteiger partial charge in [-0.05, 0) is 37.3 Å². The second-order valence-corrected chi connectivity index (χ2v) is 13.8. The monoisotopic (exact) mass is 560 g/mol. The lowest BCUT2D eigenvalue weighted by Crippen LogP contribution is -2.19. The van der Waals surface area contributed by atoms with Crippen LogP contribution in [-0.4, -0.2) is 81.3 Å². The number of rotatable bonds is 19. The molecule has 0 fully saturated rings. The van der Waals surface area contributed by atoms with E-state index in [9.17, 15) is 9.59 Å². The molecular weight excluding hydrogens is 521 g/mol. The summed E-state index contributed by atoms with van der Waals surface area (Å²) in [5, 5.41) is 2.45. The maximum Gasteiger partial charge on any atom is 0.324 e. The first kappa shape index (κ1) is 29.9. The van der Waals surface area contributed by atoms with Gasteiger partial charge in [0.1, 0.15) is 0 Å². The van der Waals surface area contributed by atoms with Crippen molar-refractivity contribution in [2.45, 2.75) is 32.1 Å². The summed E-state index contributed by atoms with van der Waals surface area (Å²) in [6.07, 6.45) is 4.79. The fourth-order valence-corrected chi connectivity index (χ4v) is 5.54. The summed E-state index contributed by atoms with van der Waals surface area (Å²) in [6.45, 7) is -1.62. The van der Waals surface area contributed by atoms with Crippen LogP contribution >= 0.6 is 49.9 Å². The lowest BCUT2D eigenvalue weighted by Gasteiger charge is -2.11. The smallest absolute Gasteiger partial charge is 0.324 e. The Labute approximate surface area is 210 Å². The van der Waals surface area contributed by atoms with Crippen molar-refractivity contribution in [3.05, 3.63) is 0 Å². The third-order valence-electron chi connectivity index (χ3n) is 3.02. The predicted molar refractivity (Wildman–Crippen MR) is 140 cm³/mol. The van der Waals surface area contributed by atoms with Crippen molar-refractivity contribution in [1.29, 1.82) is 0 Å². The molecule has 0 aliphatic heterocycles. The van der Waals surface area contributed by atoms with E-state index in [2.05, 4.69) is 21.6 Å². The lowest BCUT2D eigenvalue weighted by molar-refractivity contribution is -0.144. The van der Waals surface area contributed by atoms with Crippen LogP contribution in [0.1, 0.15) is 34.8 Å². The van der Waals surface area contributed by atoms with E-state index in [1.165, 1.54) is 14.2 Å². The highest BCUT2D eigenvalue weighted by Crippen LogP contribution is 2.42. The SMILES string of the molecule is COP(O)(=S)OCCCSSC.[2H]C([3H])OCCCSSCCCOC(=O)CCC(=O)NC. The van der Waals surface area contributed by atoms with Gasteiger partial charge in [-0.15, -0.1) is 0 Å². The molecule has 0 rings (SSSR count). The number of amides is 1. The van der Waals surface area contributed by atoms with Gasteiger partial charge in [0.05, 0.1) is 22.4 Å². The van der Waals surface area contributed by atoms with Gasteiger partial charge in [0.2, 0.25) is 5.91 Å². The highest BCUT2D eigenvalue weighted by molar-refractivity contribution is 8.76. The van der Waals surface area contributed by atoms with Crippen LogP contribution in [0.25, 0.3) is 0 Å². The highest BCUT2D eigenvalue weighted by Gasteiger charge is 2.10. The third kappa shape index (κ3) is 28.8. The molecule has 0 saturated heterocycles. The molecule has 186 valence electrons. The van der Waals surface area contributed by atoms with Gasteiger partial charge in [0.15, 0.2) is 0 Å².